The minimum absolute atomic E-state index is 0.0397. The maximum Gasteiger partial charge on any atom is 0.252 e. The van der Waals surface area contributed by atoms with Crippen molar-refractivity contribution in [3.8, 4) is 5.75 Å². The summed E-state index contributed by atoms with van der Waals surface area (Å²) in [6.45, 7) is 5.83. The van der Waals surface area contributed by atoms with Crippen molar-refractivity contribution in [3.63, 3.8) is 0 Å². The molecule has 0 aliphatic carbocycles. The number of fused-ring (bicyclic) bond motifs is 1. The number of carbonyl (C=O) groups is 1. The topological polar surface area (TPSA) is 43.7 Å². The quantitative estimate of drug-likeness (QED) is 0.847. The molecule has 5 nitrogen and oxygen atoms in total. The van der Waals surface area contributed by atoms with Crippen LogP contribution in [-0.4, -0.2) is 35.1 Å². The minimum Gasteiger partial charge on any atom is -0.497 e. The fourth-order valence-electron chi connectivity index (χ4n) is 3.17. The number of methoxy groups -OCH3 is 1. The number of hydrogen-bond acceptors (Lipinski definition) is 3. The van der Waals surface area contributed by atoms with Gasteiger partial charge in [0, 0.05) is 25.0 Å². The van der Waals surface area contributed by atoms with Gasteiger partial charge >= 0.3 is 0 Å². The molecule has 1 aromatic heterocycles. The maximum atomic E-state index is 12.8. The van der Waals surface area contributed by atoms with Gasteiger partial charge in [0.15, 0.2) is 0 Å². The monoisotopic (exact) mass is 328 g/mol. The van der Waals surface area contributed by atoms with Crippen molar-refractivity contribution in [1.29, 1.82) is 0 Å². The van der Waals surface area contributed by atoms with Crippen LogP contribution in [0.3, 0.4) is 0 Å². The molecule has 1 amide bonds. The van der Waals surface area contributed by atoms with Crippen LogP contribution >= 0.6 is 0 Å². The van der Waals surface area contributed by atoms with Gasteiger partial charge in [0.1, 0.15) is 11.9 Å². The zero-order chi connectivity index (χ0) is 17.1. The summed E-state index contributed by atoms with van der Waals surface area (Å²) < 4.78 is 13.2. The zero-order valence-corrected chi connectivity index (χ0v) is 14.4. The SMILES string of the molecule is COc1cccc(COC(C)C(=O)N2CCn3cccc3C2C)c1. The molecule has 24 heavy (non-hydrogen) atoms. The predicted molar refractivity (Wildman–Crippen MR) is 91.8 cm³/mol. The summed E-state index contributed by atoms with van der Waals surface area (Å²) in [5.74, 6) is 0.832. The summed E-state index contributed by atoms with van der Waals surface area (Å²) in [6, 6.07) is 11.9. The van der Waals surface area contributed by atoms with Crippen LogP contribution in [0.5, 0.6) is 5.75 Å². The first-order valence-corrected chi connectivity index (χ1v) is 8.30. The Morgan fingerprint density at radius 2 is 2.12 bits per heavy atom. The normalized spacial score (nSPS) is 18.1. The van der Waals surface area contributed by atoms with Gasteiger partial charge in [-0.2, -0.15) is 0 Å². The van der Waals surface area contributed by atoms with Crippen molar-refractivity contribution in [2.75, 3.05) is 13.7 Å². The van der Waals surface area contributed by atoms with E-state index in [1.807, 2.05) is 42.2 Å². The van der Waals surface area contributed by atoms with Gasteiger partial charge in [-0.15, -0.1) is 0 Å². The lowest BCUT2D eigenvalue weighted by atomic mass is 10.1. The van der Waals surface area contributed by atoms with E-state index in [-0.39, 0.29) is 11.9 Å². The summed E-state index contributed by atoms with van der Waals surface area (Å²) >= 11 is 0. The second-order valence-corrected chi connectivity index (χ2v) is 6.14. The molecule has 0 saturated heterocycles. The zero-order valence-electron chi connectivity index (χ0n) is 14.4. The van der Waals surface area contributed by atoms with E-state index < -0.39 is 6.10 Å². The van der Waals surface area contributed by atoms with E-state index >= 15 is 0 Å². The van der Waals surface area contributed by atoms with Crippen LogP contribution in [0.25, 0.3) is 0 Å². The van der Waals surface area contributed by atoms with Crippen molar-refractivity contribution in [3.05, 3.63) is 53.9 Å². The molecule has 2 aromatic rings. The molecule has 0 saturated carbocycles. The first kappa shape index (κ1) is 16.6. The summed E-state index contributed by atoms with van der Waals surface area (Å²) in [4.78, 5) is 14.7. The highest BCUT2D eigenvalue weighted by atomic mass is 16.5. The van der Waals surface area contributed by atoms with E-state index in [1.54, 1.807) is 7.11 Å². The molecule has 3 rings (SSSR count). The number of nitrogens with zero attached hydrogens (tertiary/aromatic N) is 2. The molecule has 0 fully saturated rings. The number of amides is 1. The van der Waals surface area contributed by atoms with Gasteiger partial charge in [0.25, 0.3) is 5.91 Å². The molecule has 0 bridgehead atoms. The second kappa shape index (κ2) is 7.09. The van der Waals surface area contributed by atoms with Crippen LogP contribution < -0.4 is 4.74 Å². The molecular weight excluding hydrogens is 304 g/mol. The van der Waals surface area contributed by atoms with Gasteiger partial charge in [-0.05, 0) is 43.7 Å². The average molecular weight is 328 g/mol. The highest BCUT2D eigenvalue weighted by Crippen LogP contribution is 2.26. The molecular formula is C19H24N2O3. The summed E-state index contributed by atoms with van der Waals surface area (Å²) in [7, 11) is 1.64. The first-order chi connectivity index (χ1) is 11.6. The third kappa shape index (κ3) is 3.31. The van der Waals surface area contributed by atoms with Crippen molar-refractivity contribution in [2.45, 2.75) is 39.1 Å². The molecule has 1 aliphatic heterocycles. The van der Waals surface area contributed by atoms with Gasteiger partial charge < -0.3 is 18.9 Å². The highest BCUT2D eigenvalue weighted by Gasteiger charge is 2.30. The van der Waals surface area contributed by atoms with E-state index in [1.165, 1.54) is 5.69 Å². The van der Waals surface area contributed by atoms with Crippen LogP contribution in [0.4, 0.5) is 0 Å². The molecule has 2 atom stereocenters. The Kier molecular flexibility index (Phi) is 4.90. The number of rotatable bonds is 5. The summed E-state index contributed by atoms with van der Waals surface area (Å²) in [5.41, 5.74) is 2.17. The number of benzene rings is 1. The number of aromatic nitrogens is 1. The van der Waals surface area contributed by atoms with Crippen LogP contribution in [0.1, 0.15) is 31.1 Å². The lowest BCUT2D eigenvalue weighted by Gasteiger charge is -2.36. The fraction of sp³-hybridized carbons (Fsp3) is 0.421. The van der Waals surface area contributed by atoms with E-state index in [0.717, 1.165) is 17.9 Å². The van der Waals surface area contributed by atoms with Gasteiger partial charge in [-0.25, -0.2) is 0 Å². The van der Waals surface area contributed by atoms with Crippen molar-refractivity contribution < 1.29 is 14.3 Å². The van der Waals surface area contributed by atoms with Crippen LogP contribution in [0.2, 0.25) is 0 Å². The molecule has 1 aliphatic rings. The maximum absolute atomic E-state index is 12.8. The third-order valence-electron chi connectivity index (χ3n) is 4.61. The smallest absolute Gasteiger partial charge is 0.252 e. The van der Waals surface area contributed by atoms with E-state index in [2.05, 4.69) is 23.8 Å². The summed E-state index contributed by atoms with van der Waals surface area (Å²) in [6.07, 6.45) is 1.59. The van der Waals surface area contributed by atoms with Crippen LogP contribution in [0.15, 0.2) is 42.6 Å². The minimum atomic E-state index is -0.472. The lowest BCUT2D eigenvalue weighted by molar-refractivity contribution is -0.146. The molecule has 0 spiro atoms. The van der Waals surface area contributed by atoms with E-state index in [9.17, 15) is 4.79 Å². The molecule has 128 valence electrons. The molecule has 1 aromatic carbocycles. The molecule has 0 radical (unpaired) electrons. The fourth-order valence-corrected chi connectivity index (χ4v) is 3.17. The van der Waals surface area contributed by atoms with Crippen molar-refractivity contribution >= 4 is 5.91 Å². The van der Waals surface area contributed by atoms with Crippen molar-refractivity contribution in [2.24, 2.45) is 0 Å². The van der Waals surface area contributed by atoms with Crippen molar-refractivity contribution in [1.82, 2.24) is 9.47 Å². The second-order valence-electron chi connectivity index (χ2n) is 6.14. The molecule has 2 unspecified atom stereocenters. The standard InChI is InChI=1S/C19H24N2O3/c1-14-18-8-5-9-20(18)10-11-21(14)19(22)15(2)24-13-16-6-4-7-17(12-16)23-3/h4-9,12,14-15H,10-11,13H2,1-3H3. The Labute approximate surface area is 142 Å². The molecule has 5 heteroatoms. The third-order valence-corrected chi connectivity index (χ3v) is 4.61. The van der Waals surface area contributed by atoms with E-state index in [0.29, 0.717) is 13.2 Å². The van der Waals surface area contributed by atoms with Gasteiger partial charge in [-0.3, -0.25) is 4.79 Å². The average Bonchev–Trinajstić information content (AvgIpc) is 3.09. The van der Waals surface area contributed by atoms with Crippen LogP contribution in [-0.2, 0) is 22.7 Å². The van der Waals surface area contributed by atoms with E-state index in [4.69, 9.17) is 9.47 Å². The number of hydrogen-bond donors (Lipinski definition) is 0. The van der Waals surface area contributed by atoms with Crippen LogP contribution in [0, 0.1) is 0 Å². The highest BCUT2D eigenvalue weighted by molar-refractivity contribution is 5.81. The first-order valence-electron chi connectivity index (χ1n) is 8.30. The number of ether oxygens (including phenoxy) is 2. The predicted octanol–water partition coefficient (Wildman–Crippen LogP) is 3.01. The lowest BCUT2D eigenvalue weighted by Crippen LogP contribution is -2.45. The largest absolute Gasteiger partial charge is 0.497 e. The Hall–Kier alpha value is -2.27. The Morgan fingerprint density at radius 3 is 2.92 bits per heavy atom. The van der Waals surface area contributed by atoms with Gasteiger partial charge in [-0.1, -0.05) is 12.1 Å². The van der Waals surface area contributed by atoms with Gasteiger partial charge in [0.05, 0.1) is 19.8 Å². The molecule has 0 N–H and O–H groups in total. The molecule has 2 heterocycles. The summed E-state index contributed by atoms with van der Waals surface area (Å²) in [5, 5.41) is 0. The Morgan fingerprint density at radius 1 is 1.29 bits per heavy atom. The number of carbonyl (C=O) groups excluding carboxylic acids is 1. The Balaban J connectivity index is 1.61. The Bertz CT molecular complexity index is 710. The van der Waals surface area contributed by atoms with Gasteiger partial charge in [0.2, 0.25) is 0 Å².